The molecule has 134 valence electrons. The third-order valence-corrected chi connectivity index (χ3v) is 5.35. The van der Waals surface area contributed by atoms with Gasteiger partial charge in [0.25, 0.3) is 5.91 Å². The first-order valence-electron chi connectivity index (χ1n) is 8.22. The average molecular weight is 377 g/mol. The summed E-state index contributed by atoms with van der Waals surface area (Å²) in [6.07, 6.45) is 5.18. The Kier molecular flexibility index (Phi) is 4.08. The number of hydrogen-bond acceptors (Lipinski definition) is 5. The van der Waals surface area contributed by atoms with Crippen LogP contribution in [0, 0.1) is 0 Å². The van der Waals surface area contributed by atoms with Crippen molar-refractivity contribution in [2.75, 3.05) is 0 Å². The van der Waals surface area contributed by atoms with E-state index in [1.54, 1.807) is 11.6 Å². The van der Waals surface area contributed by atoms with Crippen LogP contribution >= 0.6 is 11.3 Å². The number of allylic oxidation sites excluding steroid dienone is 2. The van der Waals surface area contributed by atoms with Crippen molar-refractivity contribution in [3.63, 3.8) is 0 Å². The van der Waals surface area contributed by atoms with Crippen molar-refractivity contribution in [1.82, 2.24) is 14.8 Å². The van der Waals surface area contributed by atoms with Crippen LogP contribution in [0.15, 0.2) is 60.0 Å². The molecule has 1 atom stereocenters. The van der Waals surface area contributed by atoms with Crippen LogP contribution in [0.25, 0.3) is 6.08 Å². The Morgan fingerprint density at radius 3 is 2.70 bits per heavy atom. The number of hydrogen-bond donors (Lipinski definition) is 1. The lowest BCUT2D eigenvalue weighted by Crippen LogP contribution is -2.32. The Morgan fingerprint density at radius 2 is 2.07 bits per heavy atom. The van der Waals surface area contributed by atoms with Gasteiger partial charge in [-0.3, -0.25) is 4.79 Å². The molecule has 0 amide bonds. The van der Waals surface area contributed by atoms with Crippen LogP contribution in [0.5, 0.6) is 0 Å². The van der Waals surface area contributed by atoms with Crippen LogP contribution in [0.3, 0.4) is 0 Å². The number of nitrogens with zero attached hydrogens (tertiary/aromatic N) is 3. The average Bonchev–Trinajstić information content (AvgIpc) is 3.36. The summed E-state index contributed by atoms with van der Waals surface area (Å²) in [6, 6.07) is 9.83. The van der Waals surface area contributed by atoms with E-state index in [1.807, 2.05) is 41.8 Å². The normalized spacial score (nSPS) is 18.1. The van der Waals surface area contributed by atoms with Gasteiger partial charge in [-0.2, -0.15) is 9.78 Å². The minimum atomic E-state index is -1.17. The molecule has 7 heteroatoms. The molecule has 0 radical (unpaired) electrons. The quantitative estimate of drug-likeness (QED) is 0.704. The summed E-state index contributed by atoms with van der Waals surface area (Å²) in [5.41, 5.74) is 3.85. The standard InChI is InChI=1S/C20H15N3O3S/c1-2-17(24)23-15-10-20(16-11-27-12-21-16,13-6-4-3-5-7-13)9-8-14(15)18(22-23)19(25)26/h2-9,11-12H,1,10H2,(H,25,26). The second-order valence-electron chi connectivity index (χ2n) is 6.19. The Hall–Kier alpha value is -3.32. The highest BCUT2D eigenvalue weighted by molar-refractivity contribution is 7.07. The molecule has 4 rings (SSSR count). The van der Waals surface area contributed by atoms with E-state index in [0.29, 0.717) is 17.7 Å². The van der Waals surface area contributed by atoms with Gasteiger partial charge >= 0.3 is 5.97 Å². The number of thiazole rings is 1. The molecule has 0 fully saturated rings. The summed E-state index contributed by atoms with van der Waals surface area (Å²) in [5, 5.41) is 15.5. The Bertz CT molecular complexity index is 1070. The second-order valence-corrected chi connectivity index (χ2v) is 6.91. The van der Waals surface area contributed by atoms with Gasteiger partial charge in [0.05, 0.1) is 22.3 Å². The highest BCUT2D eigenvalue weighted by Crippen LogP contribution is 2.42. The lowest BCUT2D eigenvalue weighted by molar-refractivity contribution is 0.0689. The van der Waals surface area contributed by atoms with Gasteiger partial charge in [-0.05, 0) is 11.6 Å². The van der Waals surface area contributed by atoms with Crippen molar-refractivity contribution in [3.05, 3.63) is 88.2 Å². The SMILES string of the molecule is C=CC(=O)n1nc(C(=O)O)c2c1CC(c1ccccc1)(c1cscn1)C=C2. The van der Waals surface area contributed by atoms with Gasteiger partial charge in [-0.25, -0.2) is 9.78 Å². The zero-order valence-electron chi connectivity index (χ0n) is 14.2. The number of aromatic carboxylic acids is 1. The fourth-order valence-electron chi connectivity index (χ4n) is 3.48. The Balaban J connectivity index is 1.96. The molecular weight excluding hydrogens is 362 g/mol. The number of carboxylic acids is 1. The van der Waals surface area contributed by atoms with Gasteiger partial charge in [-0.1, -0.05) is 49.1 Å². The maximum absolute atomic E-state index is 12.3. The fraction of sp³-hybridized carbons (Fsp3) is 0.100. The van der Waals surface area contributed by atoms with Gasteiger partial charge in [0.2, 0.25) is 0 Å². The number of carbonyl (C=O) groups is 2. The van der Waals surface area contributed by atoms with Crippen LogP contribution in [-0.4, -0.2) is 31.7 Å². The van der Waals surface area contributed by atoms with Gasteiger partial charge in [0, 0.05) is 17.4 Å². The number of carboxylic acid groups (broad SMARTS) is 1. The molecule has 0 spiro atoms. The van der Waals surface area contributed by atoms with E-state index in [2.05, 4.69) is 16.7 Å². The summed E-state index contributed by atoms with van der Waals surface area (Å²) < 4.78 is 1.14. The topological polar surface area (TPSA) is 85.1 Å². The number of benzene rings is 1. The van der Waals surface area contributed by atoms with Crippen LogP contribution in [0.4, 0.5) is 0 Å². The zero-order chi connectivity index (χ0) is 19.0. The molecule has 1 aromatic carbocycles. The van der Waals surface area contributed by atoms with Crippen LogP contribution < -0.4 is 0 Å². The van der Waals surface area contributed by atoms with Crippen molar-refractivity contribution >= 4 is 29.3 Å². The lowest BCUT2D eigenvalue weighted by atomic mass is 9.71. The molecule has 1 N–H and O–H groups in total. The third-order valence-electron chi connectivity index (χ3n) is 4.77. The molecule has 0 bridgehead atoms. The van der Waals surface area contributed by atoms with Gasteiger partial charge in [0.15, 0.2) is 5.69 Å². The van der Waals surface area contributed by atoms with E-state index in [4.69, 9.17) is 0 Å². The van der Waals surface area contributed by atoms with Gasteiger partial charge in [0.1, 0.15) is 0 Å². The van der Waals surface area contributed by atoms with Crippen LogP contribution in [-0.2, 0) is 11.8 Å². The largest absolute Gasteiger partial charge is 0.476 e. The maximum Gasteiger partial charge on any atom is 0.357 e. The van der Waals surface area contributed by atoms with E-state index in [1.165, 1.54) is 11.3 Å². The fourth-order valence-corrected chi connectivity index (χ4v) is 4.11. The molecule has 3 aromatic rings. The van der Waals surface area contributed by atoms with Crippen LogP contribution in [0.2, 0.25) is 0 Å². The van der Waals surface area contributed by atoms with Crippen molar-refractivity contribution in [3.8, 4) is 0 Å². The second kappa shape index (κ2) is 6.44. The van der Waals surface area contributed by atoms with Crippen molar-refractivity contribution in [1.29, 1.82) is 0 Å². The van der Waals surface area contributed by atoms with Crippen molar-refractivity contribution in [2.24, 2.45) is 0 Å². The minimum Gasteiger partial charge on any atom is -0.476 e. The Morgan fingerprint density at radius 1 is 1.30 bits per heavy atom. The number of carbonyl (C=O) groups excluding carboxylic acids is 1. The molecule has 0 saturated heterocycles. The third kappa shape index (κ3) is 2.63. The smallest absolute Gasteiger partial charge is 0.357 e. The predicted molar refractivity (Wildman–Crippen MR) is 102 cm³/mol. The summed E-state index contributed by atoms with van der Waals surface area (Å²) in [4.78, 5) is 28.4. The molecule has 2 heterocycles. The maximum atomic E-state index is 12.3. The summed E-state index contributed by atoms with van der Waals surface area (Å²) in [6.45, 7) is 3.50. The first-order chi connectivity index (χ1) is 13.1. The van der Waals surface area contributed by atoms with Gasteiger partial charge in [-0.15, -0.1) is 11.3 Å². The molecule has 1 aliphatic carbocycles. The van der Waals surface area contributed by atoms with E-state index in [-0.39, 0.29) is 5.69 Å². The first kappa shape index (κ1) is 17.1. The molecule has 1 aliphatic rings. The highest BCUT2D eigenvalue weighted by Gasteiger charge is 2.40. The number of aromatic nitrogens is 3. The Labute approximate surface area is 159 Å². The molecular formula is C20H15N3O3S. The van der Waals surface area contributed by atoms with Gasteiger partial charge < -0.3 is 5.11 Å². The number of fused-ring (bicyclic) bond motifs is 1. The highest BCUT2D eigenvalue weighted by atomic mass is 32.1. The molecule has 27 heavy (non-hydrogen) atoms. The summed E-state index contributed by atoms with van der Waals surface area (Å²) in [5.74, 6) is -1.64. The van der Waals surface area contributed by atoms with Crippen molar-refractivity contribution in [2.45, 2.75) is 11.8 Å². The molecule has 0 saturated carbocycles. The summed E-state index contributed by atoms with van der Waals surface area (Å²) in [7, 11) is 0. The molecule has 1 unspecified atom stereocenters. The number of rotatable bonds is 4. The van der Waals surface area contributed by atoms with E-state index in [9.17, 15) is 14.7 Å². The monoisotopic (exact) mass is 377 g/mol. The van der Waals surface area contributed by atoms with Crippen LogP contribution in [0.1, 0.15) is 37.8 Å². The zero-order valence-corrected chi connectivity index (χ0v) is 15.0. The lowest BCUT2D eigenvalue weighted by Gasteiger charge is -2.32. The minimum absolute atomic E-state index is 0.142. The predicted octanol–water partition coefficient (Wildman–Crippen LogP) is 3.42. The first-order valence-corrected chi connectivity index (χ1v) is 9.16. The molecule has 0 aliphatic heterocycles. The molecule has 2 aromatic heterocycles. The van der Waals surface area contributed by atoms with E-state index in [0.717, 1.165) is 22.0 Å². The van der Waals surface area contributed by atoms with E-state index >= 15 is 0 Å². The van der Waals surface area contributed by atoms with Crippen molar-refractivity contribution < 1.29 is 14.7 Å². The molecule has 6 nitrogen and oxygen atoms in total. The summed E-state index contributed by atoms with van der Waals surface area (Å²) >= 11 is 1.49. The van der Waals surface area contributed by atoms with E-state index < -0.39 is 17.3 Å².